The summed E-state index contributed by atoms with van der Waals surface area (Å²) in [6.45, 7) is 10.4. The van der Waals surface area contributed by atoms with Gasteiger partial charge in [-0.2, -0.15) is 4.31 Å². The molecule has 3 rings (SSSR count). The van der Waals surface area contributed by atoms with Crippen molar-refractivity contribution in [2.24, 2.45) is 0 Å². The number of pyridine rings is 1. The minimum atomic E-state index is -3.53. The van der Waals surface area contributed by atoms with E-state index in [1.807, 2.05) is 58.9 Å². The van der Waals surface area contributed by atoms with Crippen LogP contribution in [0.2, 0.25) is 0 Å². The van der Waals surface area contributed by atoms with Crippen LogP contribution in [0.1, 0.15) is 30.5 Å². The number of hydrogen-bond donors (Lipinski definition) is 1. The second-order valence-electron chi connectivity index (χ2n) is 7.65. The molecule has 3 aromatic rings. The standard InChI is InChI=1S/C24H29N3O3S2/c1-6-27(7-2)32(29,30)19-11-12-21-20(14-19)18(5)13-23(25-21)31-15-22(28)26-24-16(3)9-8-10-17(24)4/h8-14H,6-7,15H2,1-5H3,(H,26,28). The maximum atomic E-state index is 12.8. The van der Waals surface area contributed by atoms with Gasteiger partial charge >= 0.3 is 0 Å². The fourth-order valence-corrected chi connectivity index (χ4v) is 5.87. The molecule has 0 saturated carbocycles. The number of aromatic nitrogens is 1. The van der Waals surface area contributed by atoms with Gasteiger partial charge in [0.1, 0.15) is 0 Å². The van der Waals surface area contributed by atoms with E-state index in [0.29, 0.717) is 18.6 Å². The van der Waals surface area contributed by atoms with Crippen LogP contribution < -0.4 is 5.32 Å². The van der Waals surface area contributed by atoms with Crippen molar-refractivity contribution >= 4 is 44.3 Å². The van der Waals surface area contributed by atoms with Gasteiger partial charge in [0.25, 0.3) is 0 Å². The SMILES string of the molecule is CCN(CC)S(=O)(=O)c1ccc2nc(SCC(=O)Nc3c(C)cccc3C)cc(C)c2c1. The molecule has 0 saturated heterocycles. The Bertz CT molecular complexity index is 1230. The highest BCUT2D eigenvalue weighted by molar-refractivity contribution is 7.99. The van der Waals surface area contributed by atoms with E-state index < -0.39 is 10.0 Å². The highest BCUT2D eigenvalue weighted by atomic mass is 32.2. The number of sulfonamides is 1. The van der Waals surface area contributed by atoms with E-state index in [0.717, 1.165) is 32.8 Å². The fraction of sp³-hybridized carbons (Fsp3) is 0.333. The Kier molecular flexibility index (Phi) is 7.59. The molecule has 1 N–H and O–H groups in total. The lowest BCUT2D eigenvalue weighted by atomic mass is 10.1. The molecule has 0 unspecified atom stereocenters. The molecule has 0 aliphatic carbocycles. The zero-order valence-corrected chi connectivity index (χ0v) is 20.7. The highest BCUT2D eigenvalue weighted by Gasteiger charge is 2.22. The van der Waals surface area contributed by atoms with E-state index in [2.05, 4.69) is 10.3 Å². The van der Waals surface area contributed by atoms with Crippen LogP contribution in [0.5, 0.6) is 0 Å². The van der Waals surface area contributed by atoms with Gasteiger partial charge in [0, 0.05) is 24.2 Å². The number of para-hydroxylation sites is 1. The Morgan fingerprint density at radius 2 is 1.66 bits per heavy atom. The summed E-state index contributed by atoms with van der Waals surface area (Å²) < 4.78 is 27.1. The molecule has 6 nitrogen and oxygen atoms in total. The molecule has 0 bridgehead atoms. The van der Waals surface area contributed by atoms with Gasteiger partial charge in [0.2, 0.25) is 15.9 Å². The number of nitrogens with one attached hydrogen (secondary N) is 1. The summed E-state index contributed by atoms with van der Waals surface area (Å²) in [5.41, 5.74) is 4.53. The van der Waals surface area contributed by atoms with E-state index in [9.17, 15) is 13.2 Å². The smallest absolute Gasteiger partial charge is 0.243 e. The third-order valence-corrected chi connectivity index (χ3v) is 8.36. The second kappa shape index (κ2) is 10.0. The number of thioether (sulfide) groups is 1. The third-order valence-electron chi connectivity index (χ3n) is 5.40. The van der Waals surface area contributed by atoms with Crippen LogP contribution in [0.3, 0.4) is 0 Å². The van der Waals surface area contributed by atoms with Crippen LogP contribution in [0.4, 0.5) is 5.69 Å². The van der Waals surface area contributed by atoms with Crippen molar-refractivity contribution in [2.75, 3.05) is 24.2 Å². The normalized spacial score (nSPS) is 11.8. The number of rotatable bonds is 8. The predicted molar refractivity (Wildman–Crippen MR) is 132 cm³/mol. The number of amides is 1. The summed E-state index contributed by atoms with van der Waals surface area (Å²) in [6, 6.07) is 12.8. The molecule has 170 valence electrons. The third kappa shape index (κ3) is 5.14. The lowest BCUT2D eigenvalue weighted by Crippen LogP contribution is -2.30. The number of carbonyl (C=O) groups excluding carboxylic acids is 1. The Balaban J connectivity index is 1.79. The molecule has 0 spiro atoms. The van der Waals surface area contributed by atoms with Crippen LogP contribution in [-0.4, -0.2) is 42.5 Å². The van der Waals surface area contributed by atoms with Gasteiger partial charge in [-0.25, -0.2) is 13.4 Å². The van der Waals surface area contributed by atoms with Crippen LogP contribution in [0.15, 0.2) is 52.4 Å². The first kappa shape index (κ1) is 24.2. The number of aryl methyl sites for hydroxylation is 3. The second-order valence-corrected chi connectivity index (χ2v) is 10.6. The molecular weight excluding hydrogens is 442 g/mol. The highest BCUT2D eigenvalue weighted by Crippen LogP contribution is 2.27. The summed E-state index contributed by atoms with van der Waals surface area (Å²) in [6.07, 6.45) is 0. The summed E-state index contributed by atoms with van der Waals surface area (Å²) >= 11 is 1.36. The summed E-state index contributed by atoms with van der Waals surface area (Å²) in [5, 5.41) is 4.51. The van der Waals surface area contributed by atoms with Crippen molar-refractivity contribution in [2.45, 2.75) is 44.5 Å². The van der Waals surface area contributed by atoms with Crippen molar-refractivity contribution in [3.63, 3.8) is 0 Å². The van der Waals surface area contributed by atoms with Gasteiger partial charge < -0.3 is 5.32 Å². The number of nitrogens with zero attached hydrogens (tertiary/aromatic N) is 2. The van der Waals surface area contributed by atoms with E-state index in [1.54, 1.807) is 18.2 Å². The molecule has 0 atom stereocenters. The average Bonchev–Trinajstić information content (AvgIpc) is 2.75. The van der Waals surface area contributed by atoms with Crippen molar-refractivity contribution in [1.29, 1.82) is 0 Å². The largest absolute Gasteiger partial charge is 0.325 e. The van der Waals surface area contributed by atoms with E-state index >= 15 is 0 Å². The molecule has 0 aliphatic heterocycles. The first-order valence-electron chi connectivity index (χ1n) is 10.6. The maximum absolute atomic E-state index is 12.8. The number of fused-ring (bicyclic) bond motifs is 1. The fourth-order valence-electron chi connectivity index (χ4n) is 3.62. The predicted octanol–water partition coefficient (Wildman–Crippen LogP) is 4.92. The van der Waals surface area contributed by atoms with E-state index in [1.165, 1.54) is 16.1 Å². The number of carbonyl (C=O) groups is 1. The maximum Gasteiger partial charge on any atom is 0.243 e. The van der Waals surface area contributed by atoms with Gasteiger partial charge in [-0.05, 0) is 61.7 Å². The van der Waals surface area contributed by atoms with Crippen molar-refractivity contribution < 1.29 is 13.2 Å². The molecule has 1 amide bonds. The van der Waals surface area contributed by atoms with Gasteiger partial charge in [0.05, 0.1) is 21.2 Å². The van der Waals surface area contributed by atoms with E-state index in [-0.39, 0.29) is 16.6 Å². The molecule has 0 radical (unpaired) electrons. The van der Waals surface area contributed by atoms with Crippen LogP contribution >= 0.6 is 11.8 Å². The zero-order chi connectivity index (χ0) is 23.5. The van der Waals surface area contributed by atoms with Crippen molar-refractivity contribution in [1.82, 2.24) is 9.29 Å². The van der Waals surface area contributed by atoms with E-state index in [4.69, 9.17) is 0 Å². The molecule has 0 fully saturated rings. The molecule has 32 heavy (non-hydrogen) atoms. The summed E-state index contributed by atoms with van der Waals surface area (Å²) in [4.78, 5) is 17.4. The monoisotopic (exact) mass is 471 g/mol. The summed E-state index contributed by atoms with van der Waals surface area (Å²) in [7, 11) is -3.53. The number of hydrogen-bond acceptors (Lipinski definition) is 5. The quantitative estimate of drug-likeness (QED) is 0.472. The number of anilines is 1. The first-order chi connectivity index (χ1) is 15.2. The van der Waals surface area contributed by atoms with Gasteiger partial charge in [-0.3, -0.25) is 4.79 Å². The minimum Gasteiger partial charge on any atom is -0.325 e. The van der Waals surface area contributed by atoms with Crippen LogP contribution in [-0.2, 0) is 14.8 Å². The van der Waals surface area contributed by atoms with Gasteiger partial charge in [-0.15, -0.1) is 0 Å². The molecular formula is C24H29N3O3S2. The van der Waals surface area contributed by atoms with Crippen molar-refractivity contribution in [3.8, 4) is 0 Å². The molecule has 8 heteroatoms. The molecule has 2 aromatic carbocycles. The molecule has 1 aromatic heterocycles. The molecule has 0 aliphatic rings. The Morgan fingerprint density at radius 3 is 2.28 bits per heavy atom. The zero-order valence-electron chi connectivity index (χ0n) is 19.1. The Morgan fingerprint density at radius 1 is 1.00 bits per heavy atom. The van der Waals surface area contributed by atoms with Gasteiger partial charge in [0.15, 0.2) is 0 Å². The van der Waals surface area contributed by atoms with Crippen LogP contribution in [0, 0.1) is 20.8 Å². The lowest BCUT2D eigenvalue weighted by molar-refractivity contribution is -0.113. The van der Waals surface area contributed by atoms with Crippen LogP contribution in [0.25, 0.3) is 10.9 Å². The van der Waals surface area contributed by atoms with Crippen molar-refractivity contribution in [3.05, 3.63) is 59.2 Å². The lowest BCUT2D eigenvalue weighted by Gasteiger charge is -2.19. The Labute approximate surface area is 194 Å². The average molecular weight is 472 g/mol. The first-order valence-corrected chi connectivity index (χ1v) is 13.0. The number of benzene rings is 2. The van der Waals surface area contributed by atoms with Gasteiger partial charge in [-0.1, -0.05) is 43.8 Å². The molecule has 1 heterocycles. The summed E-state index contributed by atoms with van der Waals surface area (Å²) in [5.74, 6) is 0.146. The minimum absolute atomic E-state index is 0.0902. The Hall–Kier alpha value is -2.42. The topological polar surface area (TPSA) is 79.4 Å².